The van der Waals surface area contributed by atoms with Crippen LogP contribution in [0.25, 0.3) is 22.2 Å². The van der Waals surface area contributed by atoms with Crippen molar-refractivity contribution in [3.8, 4) is 17.0 Å². The lowest BCUT2D eigenvalue weighted by atomic mass is 9.87. The molecule has 0 spiro atoms. The molecular formula is C17H14N2O3. The number of hydrogen-bond donors (Lipinski definition) is 1. The highest BCUT2D eigenvalue weighted by atomic mass is 16.5. The van der Waals surface area contributed by atoms with E-state index in [0.29, 0.717) is 30.1 Å². The third kappa shape index (κ3) is 1.76. The zero-order chi connectivity index (χ0) is 15.1. The molecule has 0 fully saturated rings. The van der Waals surface area contributed by atoms with E-state index < -0.39 is 0 Å². The second-order valence-corrected chi connectivity index (χ2v) is 5.15. The number of ether oxygens (including phenoxy) is 2. The molecule has 1 aliphatic carbocycles. The fourth-order valence-electron chi connectivity index (χ4n) is 2.90. The molecule has 0 radical (unpaired) electrons. The molecule has 1 N–H and O–H groups in total. The topological polar surface area (TPSA) is 64.2 Å². The van der Waals surface area contributed by atoms with Crippen LogP contribution in [0.15, 0.2) is 36.4 Å². The fourth-order valence-corrected chi connectivity index (χ4v) is 2.90. The number of methoxy groups -OCH3 is 1. The molecule has 0 atom stereocenters. The molecule has 0 unspecified atom stereocenters. The van der Waals surface area contributed by atoms with E-state index in [4.69, 9.17) is 9.47 Å². The van der Waals surface area contributed by atoms with Crippen LogP contribution in [0.1, 0.15) is 15.9 Å². The molecule has 4 rings (SSSR count). The standard InChI is InChI=1S/C17H14N2O3/c1-21-8-9-22-13-7-6-12-14-15(13)17(20)11-5-3-2-4-10(11)16(14)19-18-12/h2-7H,8-9H2,1H3,(H,18,19). The van der Waals surface area contributed by atoms with Crippen molar-refractivity contribution in [3.63, 3.8) is 0 Å². The van der Waals surface area contributed by atoms with Gasteiger partial charge in [-0.2, -0.15) is 5.10 Å². The van der Waals surface area contributed by atoms with Crippen molar-refractivity contribution in [2.24, 2.45) is 0 Å². The lowest BCUT2D eigenvalue weighted by Gasteiger charge is -2.18. The number of rotatable bonds is 4. The minimum Gasteiger partial charge on any atom is -0.490 e. The van der Waals surface area contributed by atoms with Crippen LogP contribution in [0.4, 0.5) is 0 Å². The second kappa shape index (κ2) is 4.96. The van der Waals surface area contributed by atoms with Gasteiger partial charge in [-0.25, -0.2) is 0 Å². The van der Waals surface area contributed by atoms with E-state index in [1.807, 2.05) is 30.3 Å². The van der Waals surface area contributed by atoms with E-state index in [2.05, 4.69) is 10.2 Å². The van der Waals surface area contributed by atoms with Gasteiger partial charge in [0.2, 0.25) is 0 Å². The van der Waals surface area contributed by atoms with Crippen molar-refractivity contribution in [3.05, 3.63) is 47.5 Å². The fraction of sp³-hybridized carbons (Fsp3) is 0.176. The smallest absolute Gasteiger partial charge is 0.198 e. The van der Waals surface area contributed by atoms with Gasteiger partial charge in [-0.3, -0.25) is 9.89 Å². The molecule has 2 aromatic carbocycles. The quantitative estimate of drug-likeness (QED) is 0.588. The summed E-state index contributed by atoms with van der Waals surface area (Å²) in [5.41, 5.74) is 3.78. The van der Waals surface area contributed by atoms with Crippen molar-refractivity contribution in [1.29, 1.82) is 0 Å². The third-order valence-corrected chi connectivity index (χ3v) is 3.90. The maximum atomic E-state index is 12.9. The molecule has 0 aliphatic heterocycles. The lowest BCUT2D eigenvalue weighted by molar-refractivity contribution is 0.103. The molecule has 1 aliphatic rings. The Morgan fingerprint density at radius 2 is 1.91 bits per heavy atom. The average molecular weight is 294 g/mol. The molecule has 0 bridgehead atoms. The van der Waals surface area contributed by atoms with Gasteiger partial charge in [-0.1, -0.05) is 24.3 Å². The number of nitrogens with one attached hydrogen (secondary N) is 1. The first-order valence-electron chi connectivity index (χ1n) is 7.08. The number of carbonyl (C=O) groups excluding carboxylic acids is 1. The molecule has 3 aromatic rings. The Bertz CT molecular complexity index is 883. The van der Waals surface area contributed by atoms with Gasteiger partial charge in [0, 0.05) is 23.6 Å². The van der Waals surface area contributed by atoms with Gasteiger partial charge in [-0.15, -0.1) is 0 Å². The monoisotopic (exact) mass is 294 g/mol. The van der Waals surface area contributed by atoms with Gasteiger partial charge < -0.3 is 9.47 Å². The predicted molar refractivity (Wildman–Crippen MR) is 82.3 cm³/mol. The molecule has 5 heteroatoms. The van der Waals surface area contributed by atoms with Gasteiger partial charge in [0.05, 0.1) is 23.4 Å². The van der Waals surface area contributed by atoms with E-state index in [-0.39, 0.29) is 5.78 Å². The average Bonchev–Trinajstić information content (AvgIpc) is 2.98. The number of ketones is 1. The number of H-pyrrole nitrogens is 1. The maximum absolute atomic E-state index is 12.9. The summed E-state index contributed by atoms with van der Waals surface area (Å²) in [7, 11) is 1.62. The van der Waals surface area contributed by atoms with Crippen LogP contribution in [0.2, 0.25) is 0 Å². The van der Waals surface area contributed by atoms with Gasteiger partial charge in [0.1, 0.15) is 12.4 Å². The first-order valence-corrected chi connectivity index (χ1v) is 7.08. The summed E-state index contributed by atoms with van der Waals surface area (Å²) in [5, 5.41) is 8.18. The molecule has 110 valence electrons. The number of fused-ring (bicyclic) bond motifs is 2. The van der Waals surface area contributed by atoms with Gasteiger partial charge in [-0.05, 0) is 12.1 Å². The molecule has 1 aromatic heterocycles. The number of hydrogen-bond acceptors (Lipinski definition) is 4. The van der Waals surface area contributed by atoms with Gasteiger partial charge in [0.25, 0.3) is 0 Å². The molecule has 0 saturated carbocycles. The van der Waals surface area contributed by atoms with Crippen LogP contribution in [0.3, 0.4) is 0 Å². The van der Waals surface area contributed by atoms with Crippen LogP contribution in [-0.2, 0) is 4.74 Å². The molecule has 5 nitrogen and oxygen atoms in total. The minimum absolute atomic E-state index is 0.0254. The van der Waals surface area contributed by atoms with E-state index in [1.165, 1.54) is 0 Å². The Hall–Kier alpha value is -2.66. The lowest BCUT2D eigenvalue weighted by Crippen LogP contribution is -2.13. The minimum atomic E-state index is -0.0254. The summed E-state index contributed by atoms with van der Waals surface area (Å²) in [6.45, 7) is 0.873. The summed E-state index contributed by atoms with van der Waals surface area (Å²) in [5.74, 6) is 0.550. The Kier molecular flexibility index (Phi) is 2.94. The van der Waals surface area contributed by atoms with E-state index in [0.717, 1.165) is 22.2 Å². The van der Waals surface area contributed by atoms with Gasteiger partial charge >= 0.3 is 0 Å². The highest BCUT2D eigenvalue weighted by molar-refractivity contribution is 6.26. The molecule has 0 amide bonds. The van der Waals surface area contributed by atoms with Crippen molar-refractivity contribution < 1.29 is 14.3 Å². The summed E-state index contributed by atoms with van der Waals surface area (Å²) >= 11 is 0. The zero-order valence-corrected chi connectivity index (χ0v) is 12.1. The summed E-state index contributed by atoms with van der Waals surface area (Å²) in [4.78, 5) is 12.9. The Morgan fingerprint density at radius 3 is 2.73 bits per heavy atom. The van der Waals surface area contributed by atoms with Crippen LogP contribution in [-0.4, -0.2) is 36.3 Å². The number of carbonyl (C=O) groups is 1. The summed E-state index contributed by atoms with van der Waals surface area (Å²) in [6.07, 6.45) is 0. The molecule has 0 saturated heterocycles. The van der Waals surface area contributed by atoms with Crippen LogP contribution >= 0.6 is 0 Å². The summed E-state index contributed by atoms with van der Waals surface area (Å²) < 4.78 is 10.7. The Labute approximate surface area is 126 Å². The zero-order valence-electron chi connectivity index (χ0n) is 12.1. The van der Waals surface area contributed by atoms with E-state index in [1.54, 1.807) is 13.2 Å². The SMILES string of the molecule is COCCOc1ccc2n[nH]c3c2c1C(=O)c1ccccc1-3. The van der Waals surface area contributed by atoms with Crippen LogP contribution in [0.5, 0.6) is 5.75 Å². The first kappa shape index (κ1) is 13.0. The van der Waals surface area contributed by atoms with E-state index in [9.17, 15) is 4.79 Å². The predicted octanol–water partition coefficient (Wildman–Crippen LogP) is 2.80. The van der Waals surface area contributed by atoms with Crippen molar-refractivity contribution >= 4 is 16.7 Å². The molecule has 22 heavy (non-hydrogen) atoms. The first-order chi connectivity index (χ1) is 10.8. The normalized spacial score (nSPS) is 12.5. The van der Waals surface area contributed by atoms with Crippen molar-refractivity contribution in [2.45, 2.75) is 0 Å². The van der Waals surface area contributed by atoms with Crippen molar-refractivity contribution in [2.75, 3.05) is 20.3 Å². The highest BCUT2D eigenvalue weighted by Gasteiger charge is 2.29. The Balaban J connectivity index is 1.95. The highest BCUT2D eigenvalue weighted by Crippen LogP contribution is 2.41. The van der Waals surface area contributed by atoms with Crippen LogP contribution in [0, 0.1) is 0 Å². The van der Waals surface area contributed by atoms with Crippen LogP contribution < -0.4 is 4.74 Å². The van der Waals surface area contributed by atoms with Crippen molar-refractivity contribution in [1.82, 2.24) is 10.2 Å². The third-order valence-electron chi connectivity index (χ3n) is 3.90. The number of aromatic amines is 1. The second-order valence-electron chi connectivity index (χ2n) is 5.15. The Morgan fingerprint density at radius 1 is 1.09 bits per heavy atom. The number of benzene rings is 2. The molecule has 1 heterocycles. The molecular weight excluding hydrogens is 280 g/mol. The van der Waals surface area contributed by atoms with Gasteiger partial charge in [0.15, 0.2) is 5.78 Å². The largest absolute Gasteiger partial charge is 0.490 e. The number of aromatic nitrogens is 2. The summed E-state index contributed by atoms with van der Waals surface area (Å²) in [6, 6.07) is 11.2. The van der Waals surface area contributed by atoms with E-state index >= 15 is 0 Å². The number of nitrogens with zero attached hydrogens (tertiary/aromatic N) is 1. The maximum Gasteiger partial charge on any atom is 0.198 e.